The van der Waals surface area contributed by atoms with E-state index in [9.17, 15) is 33.9 Å². The number of primary amides is 1. The number of carboxylic acid groups (broad SMARTS) is 2. The van der Waals surface area contributed by atoms with Crippen molar-refractivity contribution < 1.29 is 39.0 Å². The van der Waals surface area contributed by atoms with E-state index in [0.29, 0.717) is 19.4 Å². The molecule has 34 heavy (non-hydrogen) atoms. The molecule has 0 aromatic carbocycles. The molecule has 0 aliphatic heterocycles. The highest BCUT2D eigenvalue weighted by molar-refractivity contribution is 5.95. The number of hydrogen-bond donors (Lipinski definition) is 8. The predicted octanol–water partition coefficient (Wildman–Crippen LogP) is -2.62. The first-order valence-electron chi connectivity index (χ1n) is 10.9. The van der Waals surface area contributed by atoms with Gasteiger partial charge in [0.05, 0.1) is 12.5 Å². The fraction of sp³-hybridized carbons (Fsp3) is 0.700. The maximum absolute atomic E-state index is 12.7. The fourth-order valence-electron chi connectivity index (χ4n) is 2.89. The molecule has 4 atom stereocenters. The first kappa shape index (κ1) is 30.7. The van der Waals surface area contributed by atoms with Crippen molar-refractivity contribution in [2.45, 2.75) is 76.5 Å². The van der Waals surface area contributed by atoms with Gasteiger partial charge in [0.15, 0.2) is 0 Å². The molecule has 0 rings (SSSR count). The van der Waals surface area contributed by atoms with E-state index in [1.165, 1.54) is 0 Å². The molecule has 194 valence electrons. The summed E-state index contributed by atoms with van der Waals surface area (Å²) in [7, 11) is 0. The molecule has 0 radical (unpaired) electrons. The smallest absolute Gasteiger partial charge is 0.326 e. The number of nitrogens with one attached hydrogen (secondary N) is 3. The summed E-state index contributed by atoms with van der Waals surface area (Å²) in [5, 5.41) is 25.4. The maximum Gasteiger partial charge on any atom is 0.326 e. The highest BCUT2D eigenvalue weighted by Gasteiger charge is 2.32. The minimum atomic E-state index is -1.57. The Balaban J connectivity index is 5.36. The molecular formula is C20H36N6O8. The Morgan fingerprint density at radius 3 is 1.88 bits per heavy atom. The van der Waals surface area contributed by atoms with Crippen molar-refractivity contribution in [3.05, 3.63) is 0 Å². The van der Waals surface area contributed by atoms with Gasteiger partial charge in [-0.05, 0) is 38.1 Å². The Hall–Kier alpha value is -3.26. The number of carboxylic acids is 2. The number of carbonyl (C=O) groups excluding carboxylic acids is 4. The van der Waals surface area contributed by atoms with Crippen LogP contribution in [-0.4, -0.2) is 76.5 Å². The zero-order valence-electron chi connectivity index (χ0n) is 19.4. The zero-order chi connectivity index (χ0) is 26.4. The second kappa shape index (κ2) is 15.6. The summed E-state index contributed by atoms with van der Waals surface area (Å²) in [5.41, 5.74) is 16.1. The zero-order valence-corrected chi connectivity index (χ0v) is 19.4. The lowest BCUT2D eigenvalue weighted by Crippen LogP contribution is -2.58. The normalized spacial score (nSPS) is 14.4. The lowest BCUT2D eigenvalue weighted by atomic mass is 10.0. The summed E-state index contributed by atoms with van der Waals surface area (Å²) in [5.74, 6) is -6.46. The molecule has 0 bridgehead atoms. The van der Waals surface area contributed by atoms with Crippen LogP contribution in [0.2, 0.25) is 0 Å². The van der Waals surface area contributed by atoms with E-state index in [-0.39, 0.29) is 19.3 Å². The Labute approximate surface area is 197 Å². The Bertz CT molecular complexity index is 745. The number of carbonyl (C=O) groups is 6. The molecule has 0 aliphatic rings. The summed E-state index contributed by atoms with van der Waals surface area (Å²) in [6, 6.07) is -5.19. The van der Waals surface area contributed by atoms with Gasteiger partial charge in [0.2, 0.25) is 23.6 Å². The van der Waals surface area contributed by atoms with Crippen molar-refractivity contribution in [3.63, 3.8) is 0 Å². The third-order valence-corrected chi connectivity index (χ3v) is 4.86. The second-order valence-electron chi connectivity index (χ2n) is 8.18. The monoisotopic (exact) mass is 488 g/mol. The van der Waals surface area contributed by atoms with Crippen LogP contribution >= 0.6 is 0 Å². The van der Waals surface area contributed by atoms with E-state index in [4.69, 9.17) is 22.3 Å². The van der Waals surface area contributed by atoms with Crippen molar-refractivity contribution in [3.8, 4) is 0 Å². The minimum absolute atomic E-state index is 0.111. The van der Waals surface area contributed by atoms with Gasteiger partial charge >= 0.3 is 11.9 Å². The third-order valence-electron chi connectivity index (χ3n) is 4.86. The van der Waals surface area contributed by atoms with Crippen molar-refractivity contribution in [1.82, 2.24) is 16.0 Å². The average Bonchev–Trinajstić information content (AvgIpc) is 2.73. The van der Waals surface area contributed by atoms with E-state index in [2.05, 4.69) is 16.0 Å². The van der Waals surface area contributed by atoms with Gasteiger partial charge in [-0.2, -0.15) is 0 Å². The number of unbranched alkanes of at least 4 members (excludes halogenated alkanes) is 1. The van der Waals surface area contributed by atoms with Crippen LogP contribution in [0, 0.1) is 5.92 Å². The van der Waals surface area contributed by atoms with Gasteiger partial charge in [-0.15, -0.1) is 0 Å². The maximum atomic E-state index is 12.7. The number of amides is 4. The number of nitrogens with two attached hydrogens (primary N) is 3. The molecule has 0 saturated carbocycles. The summed E-state index contributed by atoms with van der Waals surface area (Å²) in [6.45, 7) is 3.56. The van der Waals surface area contributed by atoms with Crippen molar-refractivity contribution in [2.24, 2.45) is 23.1 Å². The standard InChI is InChI=1S/C20H36N6O8/c1-10(2)16(19(32)24-12(20(33)34)5-3-4-8-21)26-18(31)13(9-15(28)29)25-17(30)11(22)6-7-14(23)27/h10-13,16H,3-9,21-22H2,1-2H3,(H2,23,27)(H,24,32)(H,25,30)(H,26,31)(H,28,29)(H,33,34). The quantitative estimate of drug-likeness (QED) is 0.0988. The molecule has 0 spiro atoms. The number of hydrogen-bond acceptors (Lipinski definition) is 8. The number of rotatable bonds is 17. The Morgan fingerprint density at radius 1 is 0.824 bits per heavy atom. The molecule has 11 N–H and O–H groups in total. The highest BCUT2D eigenvalue weighted by Crippen LogP contribution is 2.07. The molecule has 0 aromatic heterocycles. The van der Waals surface area contributed by atoms with Crippen LogP contribution < -0.4 is 33.2 Å². The Morgan fingerprint density at radius 2 is 1.41 bits per heavy atom. The molecule has 14 heteroatoms. The van der Waals surface area contributed by atoms with Gasteiger partial charge in [-0.1, -0.05) is 13.8 Å². The van der Waals surface area contributed by atoms with E-state index in [1.807, 2.05) is 0 Å². The van der Waals surface area contributed by atoms with Gasteiger partial charge < -0.3 is 43.4 Å². The summed E-state index contributed by atoms with van der Waals surface area (Å²) < 4.78 is 0. The third kappa shape index (κ3) is 12.1. The predicted molar refractivity (Wildman–Crippen MR) is 120 cm³/mol. The van der Waals surface area contributed by atoms with Crippen molar-refractivity contribution >= 4 is 35.6 Å². The van der Waals surface area contributed by atoms with Crippen LogP contribution in [0.4, 0.5) is 0 Å². The SMILES string of the molecule is CC(C)C(NC(=O)C(CC(=O)O)NC(=O)C(N)CCC(N)=O)C(=O)NC(CCCCN)C(=O)O. The first-order valence-corrected chi connectivity index (χ1v) is 10.9. The van der Waals surface area contributed by atoms with Gasteiger partial charge in [0.25, 0.3) is 0 Å². The van der Waals surface area contributed by atoms with E-state index in [1.54, 1.807) is 13.8 Å². The molecule has 0 fully saturated rings. The second-order valence-corrected chi connectivity index (χ2v) is 8.18. The molecule has 0 heterocycles. The van der Waals surface area contributed by atoms with Gasteiger partial charge in [-0.3, -0.25) is 24.0 Å². The van der Waals surface area contributed by atoms with Crippen LogP contribution in [0.25, 0.3) is 0 Å². The largest absolute Gasteiger partial charge is 0.481 e. The lowest BCUT2D eigenvalue weighted by Gasteiger charge is -2.26. The van der Waals surface area contributed by atoms with Gasteiger partial charge in [0, 0.05) is 6.42 Å². The summed E-state index contributed by atoms with van der Waals surface area (Å²) in [4.78, 5) is 71.2. The van der Waals surface area contributed by atoms with Crippen LogP contribution in [0.3, 0.4) is 0 Å². The van der Waals surface area contributed by atoms with Crippen LogP contribution in [-0.2, 0) is 28.8 Å². The molecule has 4 amide bonds. The van der Waals surface area contributed by atoms with Gasteiger partial charge in [0.1, 0.15) is 18.1 Å². The minimum Gasteiger partial charge on any atom is -0.481 e. The summed E-state index contributed by atoms with van der Waals surface area (Å²) >= 11 is 0. The molecule has 0 aromatic rings. The molecule has 4 unspecified atom stereocenters. The molecule has 0 aliphatic carbocycles. The number of aliphatic carboxylic acids is 2. The fourth-order valence-corrected chi connectivity index (χ4v) is 2.89. The molecular weight excluding hydrogens is 452 g/mol. The van der Waals surface area contributed by atoms with Gasteiger partial charge in [-0.25, -0.2) is 4.79 Å². The average molecular weight is 489 g/mol. The van der Waals surface area contributed by atoms with Crippen LogP contribution in [0.5, 0.6) is 0 Å². The Kier molecular flexibility index (Phi) is 14.1. The molecule has 0 saturated heterocycles. The van der Waals surface area contributed by atoms with Crippen LogP contribution in [0.15, 0.2) is 0 Å². The van der Waals surface area contributed by atoms with Crippen LogP contribution in [0.1, 0.15) is 52.4 Å². The van der Waals surface area contributed by atoms with E-state index in [0.717, 1.165) is 0 Å². The summed E-state index contributed by atoms with van der Waals surface area (Å²) in [6.07, 6.45) is 0.0783. The highest BCUT2D eigenvalue weighted by atomic mass is 16.4. The van der Waals surface area contributed by atoms with Crippen molar-refractivity contribution in [1.29, 1.82) is 0 Å². The topological polar surface area (TPSA) is 257 Å². The molecule has 14 nitrogen and oxygen atoms in total. The van der Waals surface area contributed by atoms with Crippen molar-refractivity contribution in [2.75, 3.05) is 6.54 Å². The lowest BCUT2D eigenvalue weighted by molar-refractivity contribution is -0.143. The van der Waals surface area contributed by atoms with E-state index >= 15 is 0 Å². The van der Waals surface area contributed by atoms with E-state index < -0.39 is 72.1 Å². The first-order chi connectivity index (χ1) is 15.8.